The summed E-state index contributed by atoms with van der Waals surface area (Å²) in [5.41, 5.74) is 3.03. The Hall–Kier alpha value is -1.75. The fourth-order valence-electron chi connectivity index (χ4n) is 1.70. The molecule has 0 saturated heterocycles. The van der Waals surface area contributed by atoms with Crippen LogP contribution in [-0.2, 0) is 0 Å². The molecule has 0 spiro atoms. The summed E-state index contributed by atoms with van der Waals surface area (Å²) in [5, 5.41) is 8.85. The number of benzene rings is 1. The van der Waals surface area contributed by atoms with Gasteiger partial charge in [0, 0.05) is 18.8 Å². The van der Waals surface area contributed by atoms with E-state index in [-0.39, 0.29) is 0 Å². The number of nitrogens with zero attached hydrogens (tertiary/aromatic N) is 2. The predicted octanol–water partition coefficient (Wildman–Crippen LogP) is 2.24. The minimum absolute atomic E-state index is 0.743. The Balaban J connectivity index is 2.34. The Morgan fingerprint density at radius 2 is 1.93 bits per heavy atom. The third kappa shape index (κ3) is 1.62. The third-order valence-electron chi connectivity index (χ3n) is 2.37. The normalized spacial score (nSPS) is 14.4. The molecule has 1 aromatic rings. The van der Waals surface area contributed by atoms with Gasteiger partial charge in [0.2, 0.25) is 0 Å². The highest BCUT2D eigenvalue weighted by Crippen LogP contribution is 2.20. The summed E-state index contributed by atoms with van der Waals surface area (Å²) >= 11 is 0. The van der Waals surface area contributed by atoms with E-state index in [2.05, 4.69) is 29.2 Å². The van der Waals surface area contributed by atoms with E-state index in [1.54, 1.807) is 0 Å². The SMILES string of the molecule is Cc1cc(C#N)cc(N2CC=CC2)c1. The summed E-state index contributed by atoms with van der Waals surface area (Å²) in [6.45, 7) is 3.93. The lowest BCUT2D eigenvalue weighted by atomic mass is 10.1. The average molecular weight is 184 g/mol. The van der Waals surface area contributed by atoms with E-state index in [1.165, 1.54) is 0 Å². The Labute approximate surface area is 84.1 Å². The third-order valence-corrected chi connectivity index (χ3v) is 2.37. The highest BCUT2D eigenvalue weighted by molar-refractivity contribution is 5.55. The molecule has 0 aliphatic carbocycles. The van der Waals surface area contributed by atoms with Crippen molar-refractivity contribution < 1.29 is 0 Å². The lowest BCUT2D eigenvalue weighted by Gasteiger charge is -2.18. The van der Waals surface area contributed by atoms with Gasteiger partial charge in [-0.25, -0.2) is 0 Å². The minimum Gasteiger partial charge on any atom is -0.364 e. The first-order chi connectivity index (χ1) is 6.79. The van der Waals surface area contributed by atoms with Gasteiger partial charge >= 0.3 is 0 Å². The molecule has 0 atom stereocenters. The number of nitriles is 1. The number of hydrogen-bond acceptors (Lipinski definition) is 2. The first-order valence-corrected chi connectivity index (χ1v) is 4.71. The van der Waals surface area contributed by atoms with E-state index in [0.717, 1.165) is 29.9 Å². The maximum atomic E-state index is 8.85. The van der Waals surface area contributed by atoms with Crippen molar-refractivity contribution in [2.75, 3.05) is 18.0 Å². The van der Waals surface area contributed by atoms with E-state index in [0.29, 0.717) is 0 Å². The second kappa shape index (κ2) is 3.55. The van der Waals surface area contributed by atoms with E-state index in [1.807, 2.05) is 19.1 Å². The first kappa shape index (κ1) is 8.83. The Morgan fingerprint density at radius 1 is 1.21 bits per heavy atom. The molecule has 0 unspecified atom stereocenters. The van der Waals surface area contributed by atoms with Crippen LogP contribution in [0.2, 0.25) is 0 Å². The van der Waals surface area contributed by atoms with Crippen LogP contribution in [0.5, 0.6) is 0 Å². The molecular weight excluding hydrogens is 172 g/mol. The monoisotopic (exact) mass is 184 g/mol. The Bertz CT molecular complexity index is 405. The van der Waals surface area contributed by atoms with Gasteiger partial charge in [-0.1, -0.05) is 12.2 Å². The second-order valence-electron chi connectivity index (χ2n) is 3.55. The van der Waals surface area contributed by atoms with Crippen molar-refractivity contribution in [3.05, 3.63) is 41.5 Å². The Kier molecular flexibility index (Phi) is 2.24. The van der Waals surface area contributed by atoms with Crippen LogP contribution >= 0.6 is 0 Å². The van der Waals surface area contributed by atoms with E-state index >= 15 is 0 Å². The maximum Gasteiger partial charge on any atom is 0.0992 e. The van der Waals surface area contributed by atoms with Crippen LogP contribution in [0.3, 0.4) is 0 Å². The van der Waals surface area contributed by atoms with Gasteiger partial charge in [-0.05, 0) is 30.7 Å². The summed E-state index contributed by atoms with van der Waals surface area (Å²) in [7, 11) is 0. The average Bonchev–Trinajstić information content (AvgIpc) is 2.69. The van der Waals surface area contributed by atoms with E-state index in [9.17, 15) is 0 Å². The lowest BCUT2D eigenvalue weighted by Crippen LogP contribution is -2.18. The summed E-state index contributed by atoms with van der Waals surface area (Å²) in [6.07, 6.45) is 4.29. The van der Waals surface area contributed by atoms with E-state index in [4.69, 9.17) is 5.26 Å². The lowest BCUT2D eigenvalue weighted by molar-refractivity contribution is 1.00. The number of aryl methyl sites for hydroxylation is 1. The molecule has 0 radical (unpaired) electrons. The minimum atomic E-state index is 0.743. The molecule has 1 heterocycles. The highest BCUT2D eigenvalue weighted by atomic mass is 15.1. The number of anilines is 1. The molecule has 0 N–H and O–H groups in total. The largest absolute Gasteiger partial charge is 0.364 e. The maximum absolute atomic E-state index is 8.85. The van der Waals surface area contributed by atoms with Gasteiger partial charge in [0.25, 0.3) is 0 Å². The fraction of sp³-hybridized carbons (Fsp3) is 0.250. The van der Waals surface area contributed by atoms with Crippen LogP contribution in [0.15, 0.2) is 30.4 Å². The molecule has 0 saturated carbocycles. The van der Waals surface area contributed by atoms with Gasteiger partial charge in [0.15, 0.2) is 0 Å². The van der Waals surface area contributed by atoms with Crippen molar-refractivity contribution in [2.24, 2.45) is 0 Å². The first-order valence-electron chi connectivity index (χ1n) is 4.71. The van der Waals surface area contributed by atoms with Crippen molar-refractivity contribution in [2.45, 2.75) is 6.92 Å². The zero-order chi connectivity index (χ0) is 9.97. The van der Waals surface area contributed by atoms with Crippen LogP contribution in [0.1, 0.15) is 11.1 Å². The van der Waals surface area contributed by atoms with Crippen LogP contribution < -0.4 is 4.90 Å². The zero-order valence-corrected chi connectivity index (χ0v) is 8.20. The van der Waals surface area contributed by atoms with Gasteiger partial charge in [0.1, 0.15) is 0 Å². The Morgan fingerprint density at radius 3 is 2.57 bits per heavy atom. The summed E-state index contributed by atoms with van der Waals surface area (Å²) in [4.78, 5) is 2.24. The molecule has 1 aliphatic rings. The van der Waals surface area contributed by atoms with Crippen LogP contribution in [0, 0.1) is 18.3 Å². The highest BCUT2D eigenvalue weighted by Gasteiger charge is 2.08. The van der Waals surface area contributed by atoms with Crippen molar-refractivity contribution in [1.82, 2.24) is 0 Å². The van der Waals surface area contributed by atoms with Crippen LogP contribution in [0.25, 0.3) is 0 Å². The van der Waals surface area contributed by atoms with Crippen molar-refractivity contribution in [3.63, 3.8) is 0 Å². The molecule has 70 valence electrons. The van der Waals surface area contributed by atoms with Gasteiger partial charge in [-0.2, -0.15) is 5.26 Å². The van der Waals surface area contributed by atoms with Crippen molar-refractivity contribution in [3.8, 4) is 6.07 Å². The number of hydrogen-bond donors (Lipinski definition) is 0. The molecule has 0 aromatic heterocycles. The molecule has 1 aromatic carbocycles. The molecule has 0 amide bonds. The fourth-order valence-corrected chi connectivity index (χ4v) is 1.70. The zero-order valence-electron chi connectivity index (χ0n) is 8.20. The van der Waals surface area contributed by atoms with Gasteiger partial charge < -0.3 is 4.90 Å². The van der Waals surface area contributed by atoms with Crippen molar-refractivity contribution in [1.29, 1.82) is 5.26 Å². The topological polar surface area (TPSA) is 27.0 Å². The molecule has 2 nitrogen and oxygen atoms in total. The summed E-state index contributed by atoms with van der Waals surface area (Å²) in [5.74, 6) is 0. The van der Waals surface area contributed by atoms with Crippen LogP contribution in [0.4, 0.5) is 5.69 Å². The standard InChI is InChI=1S/C12H12N2/c1-10-6-11(9-13)8-12(7-10)14-4-2-3-5-14/h2-3,6-8H,4-5H2,1H3. The number of rotatable bonds is 1. The predicted molar refractivity (Wildman–Crippen MR) is 57.2 cm³/mol. The summed E-state index contributed by atoms with van der Waals surface area (Å²) in [6, 6.07) is 8.16. The van der Waals surface area contributed by atoms with Gasteiger partial charge in [-0.3, -0.25) is 0 Å². The molecule has 0 fully saturated rings. The quantitative estimate of drug-likeness (QED) is 0.626. The van der Waals surface area contributed by atoms with E-state index < -0.39 is 0 Å². The van der Waals surface area contributed by atoms with Gasteiger partial charge in [0.05, 0.1) is 11.6 Å². The van der Waals surface area contributed by atoms with Gasteiger partial charge in [-0.15, -0.1) is 0 Å². The van der Waals surface area contributed by atoms with Crippen molar-refractivity contribution >= 4 is 5.69 Å². The molecule has 0 bridgehead atoms. The second-order valence-corrected chi connectivity index (χ2v) is 3.55. The molecule has 2 heteroatoms. The van der Waals surface area contributed by atoms with Crippen LogP contribution in [-0.4, -0.2) is 13.1 Å². The summed E-state index contributed by atoms with van der Waals surface area (Å²) < 4.78 is 0. The molecule has 2 rings (SSSR count). The molecule has 1 aliphatic heterocycles. The molecule has 14 heavy (non-hydrogen) atoms. The smallest absolute Gasteiger partial charge is 0.0992 e. The molecular formula is C12H12N2.